The zero-order valence-electron chi connectivity index (χ0n) is 19.5. The quantitative estimate of drug-likeness (QED) is 0.437. The second kappa shape index (κ2) is 10.9. The van der Waals surface area contributed by atoms with Gasteiger partial charge in [-0.25, -0.2) is 0 Å². The van der Waals surface area contributed by atoms with Crippen molar-refractivity contribution < 1.29 is 14.3 Å². The Bertz CT molecular complexity index is 1080. The molecule has 3 rings (SSSR count). The summed E-state index contributed by atoms with van der Waals surface area (Å²) in [5, 5.41) is 12.6. The predicted octanol–water partition coefficient (Wildman–Crippen LogP) is 4.68. The first-order chi connectivity index (χ1) is 15.7. The molecule has 0 aliphatic rings. The van der Waals surface area contributed by atoms with Crippen molar-refractivity contribution in [1.82, 2.24) is 19.7 Å². The van der Waals surface area contributed by atoms with Gasteiger partial charge in [0.15, 0.2) is 11.0 Å². The van der Waals surface area contributed by atoms with Crippen LogP contribution >= 0.6 is 23.4 Å². The molecular weight excluding hydrogens is 462 g/mol. The van der Waals surface area contributed by atoms with E-state index in [9.17, 15) is 4.79 Å². The second-order valence-electron chi connectivity index (χ2n) is 7.64. The molecule has 1 amide bonds. The van der Waals surface area contributed by atoms with Gasteiger partial charge in [-0.05, 0) is 52.2 Å². The predicted molar refractivity (Wildman–Crippen MR) is 132 cm³/mol. The van der Waals surface area contributed by atoms with Crippen LogP contribution in [0.2, 0.25) is 5.02 Å². The average Bonchev–Trinajstić information content (AvgIpc) is 3.21. The van der Waals surface area contributed by atoms with Crippen molar-refractivity contribution in [2.75, 3.05) is 33.6 Å². The van der Waals surface area contributed by atoms with Crippen LogP contribution < -0.4 is 14.8 Å². The van der Waals surface area contributed by atoms with E-state index in [1.54, 1.807) is 32.4 Å². The van der Waals surface area contributed by atoms with E-state index in [-0.39, 0.29) is 11.9 Å². The van der Waals surface area contributed by atoms with Crippen molar-refractivity contribution >= 4 is 35.0 Å². The van der Waals surface area contributed by atoms with Crippen LogP contribution in [0.15, 0.2) is 47.6 Å². The molecule has 0 aliphatic heterocycles. The maximum Gasteiger partial charge on any atom is 0.237 e. The number of thioether (sulfide) groups is 1. The SMILES string of the molecule is COc1cc(NC(=O)[C@H](C)Sc2nnc([C@H](C)N(C)C)n2-c2ccc(Cl)cc2)cc(OC)c1. The van der Waals surface area contributed by atoms with Crippen molar-refractivity contribution in [3.8, 4) is 17.2 Å². The number of hydrogen-bond donors (Lipinski definition) is 1. The van der Waals surface area contributed by atoms with Gasteiger partial charge in [-0.1, -0.05) is 23.4 Å². The number of amides is 1. The third-order valence-corrected chi connectivity index (χ3v) is 6.46. The molecule has 10 heteroatoms. The van der Waals surface area contributed by atoms with Gasteiger partial charge in [-0.15, -0.1) is 10.2 Å². The van der Waals surface area contributed by atoms with Crippen LogP contribution in [0.5, 0.6) is 11.5 Å². The number of benzene rings is 2. The third kappa shape index (κ3) is 5.98. The molecule has 0 saturated carbocycles. The molecular formula is C23H28ClN5O3S. The van der Waals surface area contributed by atoms with Crippen LogP contribution in [0.4, 0.5) is 5.69 Å². The van der Waals surface area contributed by atoms with Crippen molar-refractivity contribution in [1.29, 1.82) is 0 Å². The first-order valence-corrected chi connectivity index (χ1v) is 11.6. The van der Waals surface area contributed by atoms with Crippen LogP contribution in [-0.2, 0) is 4.79 Å². The molecule has 0 bridgehead atoms. The lowest BCUT2D eigenvalue weighted by atomic mass is 10.2. The number of nitrogens with zero attached hydrogens (tertiary/aromatic N) is 4. The highest BCUT2D eigenvalue weighted by Crippen LogP contribution is 2.31. The van der Waals surface area contributed by atoms with Crippen molar-refractivity contribution in [3.63, 3.8) is 0 Å². The highest BCUT2D eigenvalue weighted by molar-refractivity contribution is 8.00. The van der Waals surface area contributed by atoms with Gasteiger partial charge in [0.25, 0.3) is 0 Å². The lowest BCUT2D eigenvalue weighted by Crippen LogP contribution is -2.23. The summed E-state index contributed by atoms with van der Waals surface area (Å²) in [6.07, 6.45) is 0. The maximum atomic E-state index is 13.0. The highest BCUT2D eigenvalue weighted by atomic mass is 35.5. The van der Waals surface area contributed by atoms with Crippen LogP contribution in [0.1, 0.15) is 25.7 Å². The number of aromatic nitrogens is 3. The van der Waals surface area contributed by atoms with Gasteiger partial charge in [0.2, 0.25) is 5.91 Å². The number of carbonyl (C=O) groups excluding carboxylic acids is 1. The molecule has 0 fully saturated rings. The van der Waals surface area contributed by atoms with E-state index >= 15 is 0 Å². The largest absolute Gasteiger partial charge is 0.497 e. The second-order valence-corrected chi connectivity index (χ2v) is 9.39. The van der Waals surface area contributed by atoms with Crippen LogP contribution in [-0.4, -0.2) is 59.1 Å². The van der Waals surface area contributed by atoms with Gasteiger partial charge in [0.05, 0.1) is 25.5 Å². The Morgan fingerprint density at radius 3 is 2.21 bits per heavy atom. The topological polar surface area (TPSA) is 81.5 Å². The molecule has 3 aromatic rings. The Balaban J connectivity index is 1.86. The lowest BCUT2D eigenvalue weighted by Gasteiger charge is -2.21. The Labute approximate surface area is 203 Å². The molecule has 0 aliphatic carbocycles. The van der Waals surface area contributed by atoms with Crippen molar-refractivity contribution in [2.24, 2.45) is 0 Å². The number of nitrogens with one attached hydrogen (secondary N) is 1. The summed E-state index contributed by atoms with van der Waals surface area (Å²) in [6, 6.07) is 12.7. The van der Waals surface area contributed by atoms with Gasteiger partial charge in [-0.2, -0.15) is 0 Å². The number of anilines is 1. The Hall–Kier alpha value is -2.75. The van der Waals surface area contributed by atoms with Gasteiger partial charge in [-0.3, -0.25) is 14.3 Å². The van der Waals surface area contributed by atoms with Crippen LogP contribution in [0.25, 0.3) is 5.69 Å². The van der Waals surface area contributed by atoms with E-state index in [4.69, 9.17) is 21.1 Å². The molecule has 176 valence electrons. The zero-order chi connectivity index (χ0) is 24.1. The normalized spacial score (nSPS) is 13.0. The monoisotopic (exact) mass is 489 g/mol. The summed E-state index contributed by atoms with van der Waals surface area (Å²) >= 11 is 7.42. The molecule has 2 aromatic carbocycles. The molecule has 0 unspecified atom stereocenters. The van der Waals surface area contributed by atoms with E-state index in [1.165, 1.54) is 11.8 Å². The lowest BCUT2D eigenvalue weighted by molar-refractivity contribution is -0.115. The Morgan fingerprint density at radius 2 is 1.67 bits per heavy atom. The van der Waals surface area contributed by atoms with Crippen LogP contribution in [0.3, 0.4) is 0 Å². The molecule has 2 atom stereocenters. The van der Waals surface area contributed by atoms with E-state index in [0.717, 1.165) is 11.5 Å². The zero-order valence-corrected chi connectivity index (χ0v) is 21.1. The molecule has 0 radical (unpaired) electrons. The number of methoxy groups -OCH3 is 2. The maximum absolute atomic E-state index is 13.0. The highest BCUT2D eigenvalue weighted by Gasteiger charge is 2.24. The van der Waals surface area contributed by atoms with Gasteiger partial charge in [0, 0.05) is 34.6 Å². The van der Waals surface area contributed by atoms with Gasteiger partial charge < -0.3 is 14.8 Å². The minimum atomic E-state index is -0.444. The van der Waals surface area contributed by atoms with Crippen molar-refractivity contribution in [2.45, 2.75) is 30.3 Å². The number of halogens is 1. The number of hydrogen-bond acceptors (Lipinski definition) is 7. The minimum Gasteiger partial charge on any atom is -0.497 e. The molecule has 33 heavy (non-hydrogen) atoms. The summed E-state index contributed by atoms with van der Waals surface area (Å²) in [4.78, 5) is 15.0. The molecule has 1 N–H and O–H groups in total. The number of rotatable bonds is 9. The first-order valence-electron chi connectivity index (χ1n) is 10.3. The van der Waals surface area contributed by atoms with E-state index < -0.39 is 5.25 Å². The summed E-state index contributed by atoms with van der Waals surface area (Å²) < 4.78 is 12.5. The van der Waals surface area contributed by atoms with E-state index in [2.05, 4.69) is 27.3 Å². The van der Waals surface area contributed by atoms with E-state index in [1.807, 2.05) is 49.9 Å². The molecule has 8 nitrogen and oxygen atoms in total. The fraction of sp³-hybridized carbons (Fsp3) is 0.348. The number of ether oxygens (including phenoxy) is 2. The minimum absolute atomic E-state index is 0.0101. The van der Waals surface area contributed by atoms with E-state index in [0.29, 0.717) is 27.4 Å². The molecule has 1 heterocycles. The smallest absolute Gasteiger partial charge is 0.237 e. The summed E-state index contributed by atoms with van der Waals surface area (Å²) in [6.45, 7) is 3.88. The third-order valence-electron chi connectivity index (χ3n) is 5.16. The summed E-state index contributed by atoms with van der Waals surface area (Å²) in [5.74, 6) is 1.78. The Morgan fingerprint density at radius 1 is 1.06 bits per heavy atom. The number of carbonyl (C=O) groups is 1. The molecule has 1 aromatic heterocycles. The fourth-order valence-electron chi connectivity index (χ4n) is 3.03. The molecule has 0 saturated heterocycles. The summed E-state index contributed by atoms with van der Waals surface area (Å²) in [7, 11) is 7.09. The van der Waals surface area contributed by atoms with Gasteiger partial charge >= 0.3 is 0 Å². The molecule has 0 spiro atoms. The summed E-state index contributed by atoms with van der Waals surface area (Å²) in [5.41, 5.74) is 1.46. The first kappa shape index (κ1) is 24.9. The fourth-order valence-corrected chi connectivity index (χ4v) is 4.03. The average molecular weight is 490 g/mol. The van der Waals surface area contributed by atoms with Crippen molar-refractivity contribution in [3.05, 3.63) is 53.3 Å². The van der Waals surface area contributed by atoms with Gasteiger partial charge in [0.1, 0.15) is 11.5 Å². The van der Waals surface area contributed by atoms with Crippen LogP contribution in [0, 0.1) is 0 Å². The standard InChI is InChI=1S/C23H28ClN5O3S/c1-14(28(3)4)21-26-27-23(29(21)18-9-7-16(24)8-10-18)33-15(2)22(30)25-17-11-19(31-5)13-20(12-17)32-6/h7-15H,1-6H3,(H,25,30)/t14-,15-/m0/s1. The Kier molecular flexibility index (Phi) is 8.23.